The fraction of sp³-hybridized carbons (Fsp3) is 0.786. The Morgan fingerprint density at radius 2 is 2.00 bits per heavy atom. The molecule has 104 valence electrons. The molecule has 1 heterocycles. The Bertz CT molecular complexity index is 332. The number of hydrogen-bond donors (Lipinski definition) is 1. The van der Waals surface area contributed by atoms with Gasteiger partial charge in [-0.25, -0.2) is 4.98 Å². The first-order valence-corrected chi connectivity index (χ1v) is 7.73. The van der Waals surface area contributed by atoms with Crippen LogP contribution in [0.2, 0.25) is 0 Å². The molecular formula is C14H26N2OS. The van der Waals surface area contributed by atoms with Crippen LogP contribution < -0.4 is 5.32 Å². The van der Waals surface area contributed by atoms with Crippen LogP contribution in [-0.2, 0) is 10.3 Å². The van der Waals surface area contributed by atoms with E-state index in [1.807, 2.05) is 0 Å². The minimum absolute atomic E-state index is 0.0426. The largest absolute Gasteiger partial charge is 0.383 e. The lowest BCUT2D eigenvalue weighted by atomic mass is 9.89. The Hall–Kier alpha value is -0.450. The van der Waals surface area contributed by atoms with Crippen LogP contribution in [0.5, 0.6) is 0 Å². The Labute approximate surface area is 115 Å². The summed E-state index contributed by atoms with van der Waals surface area (Å²) < 4.78 is 5.16. The molecule has 0 radical (unpaired) electrons. The van der Waals surface area contributed by atoms with Crippen molar-refractivity contribution in [2.45, 2.75) is 52.0 Å². The maximum Gasteiger partial charge on any atom is 0.113 e. The number of aromatic nitrogens is 1. The lowest BCUT2D eigenvalue weighted by Crippen LogP contribution is -2.43. The summed E-state index contributed by atoms with van der Waals surface area (Å²) in [6, 6.07) is 0. The minimum atomic E-state index is 0.0426. The summed E-state index contributed by atoms with van der Waals surface area (Å²) in [5, 5.41) is 7.07. The van der Waals surface area contributed by atoms with Gasteiger partial charge in [-0.2, -0.15) is 0 Å². The molecule has 18 heavy (non-hydrogen) atoms. The van der Waals surface area contributed by atoms with Crippen molar-refractivity contribution in [3.63, 3.8) is 0 Å². The van der Waals surface area contributed by atoms with Gasteiger partial charge < -0.3 is 10.1 Å². The van der Waals surface area contributed by atoms with Crippen molar-refractivity contribution in [2.24, 2.45) is 0 Å². The molecule has 0 aromatic carbocycles. The number of nitrogens with zero attached hydrogens (tertiary/aromatic N) is 1. The number of hydrogen-bond acceptors (Lipinski definition) is 4. The first-order valence-electron chi connectivity index (χ1n) is 6.85. The van der Waals surface area contributed by atoms with Crippen LogP contribution in [0.4, 0.5) is 0 Å². The molecular weight excluding hydrogens is 244 g/mol. The fourth-order valence-corrected chi connectivity index (χ4v) is 3.44. The highest BCUT2D eigenvalue weighted by atomic mass is 32.1. The van der Waals surface area contributed by atoms with E-state index in [2.05, 4.69) is 31.5 Å². The van der Waals surface area contributed by atoms with Gasteiger partial charge in [-0.1, -0.05) is 26.7 Å². The second-order valence-corrected chi connectivity index (χ2v) is 5.65. The van der Waals surface area contributed by atoms with Gasteiger partial charge >= 0.3 is 0 Å². The highest BCUT2D eigenvalue weighted by Crippen LogP contribution is 2.33. The Balaban J connectivity index is 2.88. The number of methoxy groups -OCH3 is 1. The van der Waals surface area contributed by atoms with Gasteiger partial charge in [0.1, 0.15) is 5.01 Å². The maximum atomic E-state index is 5.16. The van der Waals surface area contributed by atoms with E-state index in [-0.39, 0.29) is 5.54 Å². The zero-order chi connectivity index (χ0) is 13.4. The molecule has 1 aromatic heterocycles. The summed E-state index contributed by atoms with van der Waals surface area (Å²) in [4.78, 5) is 4.71. The lowest BCUT2D eigenvalue weighted by molar-refractivity contribution is 0.176. The summed E-state index contributed by atoms with van der Waals surface area (Å²) in [6.45, 7) is 8.18. The van der Waals surface area contributed by atoms with Crippen molar-refractivity contribution >= 4 is 11.3 Å². The van der Waals surface area contributed by atoms with Crippen LogP contribution >= 0.6 is 11.3 Å². The summed E-state index contributed by atoms with van der Waals surface area (Å²) in [5.41, 5.74) is 1.17. The molecule has 0 saturated carbocycles. The fourth-order valence-electron chi connectivity index (χ4n) is 2.41. The average molecular weight is 270 g/mol. The second-order valence-electron chi connectivity index (χ2n) is 4.80. The molecule has 0 aliphatic carbocycles. The predicted molar refractivity (Wildman–Crippen MR) is 78.2 cm³/mol. The molecule has 1 N–H and O–H groups in total. The number of ether oxygens (including phenoxy) is 1. The zero-order valence-corrected chi connectivity index (χ0v) is 12.9. The van der Waals surface area contributed by atoms with Crippen LogP contribution in [0.25, 0.3) is 0 Å². The molecule has 4 heteroatoms. The van der Waals surface area contributed by atoms with Crippen LogP contribution in [0.3, 0.4) is 0 Å². The van der Waals surface area contributed by atoms with Gasteiger partial charge in [-0.15, -0.1) is 11.3 Å². The first-order chi connectivity index (χ1) is 8.68. The quantitative estimate of drug-likeness (QED) is 0.698. The van der Waals surface area contributed by atoms with E-state index in [0.29, 0.717) is 0 Å². The van der Waals surface area contributed by atoms with Crippen LogP contribution in [0.15, 0.2) is 5.38 Å². The standard InChI is InChI=1S/C14H26N2OS/c1-5-7-14(8-6-2,15-9-10-17-4)13-16-12(3)11-18-13/h11,15H,5-10H2,1-4H3. The highest BCUT2D eigenvalue weighted by Gasteiger charge is 2.32. The third-order valence-electron chi connectivity index (χ3n) is 3.15. The number of rotatable bonds is 9. The van der Waals surface area contributed by atoms with Gasteiger partial charge in [0.05, 0.1) is 12.1 Å². The van der Waals surface area contributed by atoms with Crippen LogP contribution in [0.1, 0.15) is 50.2 Å². The highest BCUT2D eigenvalue weighted by molar-refractivity contribution is 7.09. The lowest BCUT2D eigenvalue weighted by Gasteiger charge is -2.33. The van der Waals surface area contributed by atoms with Gasteiger partial charge in [0, 0.05) is 24.7 Å². The molecule has 1 aromatic rings. The van der Waals surface area contributed by atoms with E-state index >= 15 is 0 Å². The SMILES string of the molecule is CCCC(CCC)(NCCOC)c1nc(C)cs1. The maximum absolute atomic E-state index is 5.16. The summed E-state index contributed by atoms with van der Waals surface area (Å²) in [6.07, 6.45) is 4.60. The molecule has 0 fully saturated rings. The smallest absolute Gasteiger partial charge is 0.113 e. The molecule has 0 bridgehead atoms. The Morgan fingerprint density at radius 1 is 1.33 bits per heavy atom. The van der Waals surface area contributed by atoms with Crippen molar-refractivity contribution in [1.29, 1.82) is 0 Å². The van der Waals surface area contributed by atoms with Crippen molar-refractivity contribution in [1.82, 2.24) is 10.3 Å². The number of aryl methyl sites for hydroxylation is 1. The number of nitrogens with one attached hydrogen (secondary N) is 1. The average Bonchev–Trinajstić information content (AvgIpc) is 2.77. The van der Waals surface area contributed by atoms with E-state index in [1.165, 1.54) is 17.8 Å². The molecule has 0 spiro atoms. The van der Waals surface area contributed by atoms with Gasteiger partial charge in [0.15, 0.2) is 0 Å². The topological polar surface area (TPSA) is 34.1 Å². The molecule has 0 atom stereocenters. The first kappa shape index (κ1) is 15.6. The molecule has 0 unspecified atom stereocenters. The van der Waals surface area contributed by atoms with Gasteiger partial charge in [0.25, 0.3) is 0 Å². The molecule has 3 nitrogen and oxygen atoms in total. The third-order valence-corrected chi connectivity index (χ3v) is 4.32. The van der Waals surface area contributed by atoms with E-state index in [4.69, 9.17) is 9.72 Å². The van der Waals surface area contributed by atoms with Crippen molar-refractivity contribution in [2.75, 3.05) is 20.3 Å². The zero-order valence-electron chi connectivity index (χ0n) is 12.1. The molecule has 1 rings (SSSR count). The summed E-state index contributed by atoms with van der Waals surface area (Å²) in [7, 11) is 1.75. The molecule has 0 saturated heterocycles. The van der Waals surface area contributed by atoms with E-state index in [0.717, 1.165) is 31.7 Å². The van der Waals surface area contributed by atoms with Crippen molar-refractivity contribution in [3.05, 3.63) is 16.1 Å². The predicted octanol–water partition coefficient (Wildman–Crippen LogP) is 3.48. The second kappa shape index (κ2) is 7.87. The van der Waals surface area contributed by atoms with Crippen molar-refractivity contribution in [3.8, 4) is 0 Å². The molecule has 0 amide bonds. The molecule has 0 aliphatic rings. The van der Waals surface area contributed by atoms with Crippen molar-refractivity contribution < 1.29 is 4.74 Å². The summed E-state index contributed by atoms with van der Waals surface area (Å²) >= 11 is 1.78. The molecule has 0 aliphatic heterocycles. The van der Waals surface area contributed by atoms with Gasteiger partial charge in [-0.3, -0.25) is 0 Å². The van der Waals surface area contributed by atoms with Gasteiger partial charge in [-0.05, 0) is 19.8 Å². The summed E-state index contributed by atoms with van der Waals surface area (Å²) in [5.74, 6) is 0. The van der Waals surface area contributed by atoms with Gasteiger partial charge in [0.2, 0.25) is 0 Å². The van der Waals surface area contributed by atoms with E-state index in [1.54, 1.807) is 18.4 Å². The van der Waals surface area contributed by atoms with E-state index in [9.17, 15) is 0 Å². The minimum Gasteiger partial charge on any atom is -0.383 e. The Kier molecular flexibility index (Phi) is 6.82. The third kappa shape index (κ3) is 4.04. The van der Waals surface area contributed by atoms with E-state index < -0.39 is 0 Å². The number of thiazole rings is 1. The monoisotopic (exact) mass is 270 g/mol. The van der Waals surface area contributed by atoms with Crippen LogP contribution in [-0.4, -0.2) is 25.2 Å². The van der Waals surface area contributed by atoms with Crippen LogP contribution in [0, 0.1) is 6.92 Å². The normalized spacial score (nSPS) is 12.0. The Morgan fingerprint density at radius 3 is 2.44 bits per heavy atom.